The number of aryl methyl sites for hydroxylation is 1. The van der Waals surface area contributed by atoms with E-state index >= 15 is 0 Å². The highest BCUT2D eigenvalue weighted by Gasteiger charge is 2.14. The summed E-state index contributed by atoms with van der Waals surface area (Å²) in [7, 11) is -3.44. The van der Waals surface area contributed by atoms with Crippen LogP contribution in [0, 0.1) is 6.92 Å². The molecular weight excluding hydrogens is 326 g/mol. The monoisotopic (exact) mass is 343 g/mol. The third-order valence-corrected chi connectivity index (χ3v) is 4.08. The van der Waals surface area contributed by atoms with Gasteiger partial charge in [-0.3, -0.25) is 9.52 Å². The standard InChI is InChI=1S/C17H17N3O3S/c1-11-7-8-14(20-24(2,22)23)15(9-11)19-17(21)16-10-12-5-3-4-6-13(12)18-16/h3-10,18,20H,1-2H3,(H,19,21). The van der Waals surface area contributed by atoms with Gasteiger partial charge in [-0.15, -0.1) is 0 Å². The number of benzene rings is 2. The van der Waals surface area contributed by atoms with E-state index in [9.17, 15) is 13.2 Å². The molecule has 2 aromatic carbocycles. The number of carbonyl (C=O) groups excluding carboxylic acids is 1. The second kappa shape index (κ2) is 6.01. The largest absolute Gasteiger partial charge is 0.351 e. The quantitative estimate of drug-likeness (QED) is 0.680. The molecule has 3 rings (SSSR count). The third-order valence-electron chi connectivity index (χ3n) is 3.49. The Labute approximate surface area is 139 Å². The lowest BCUT2D eigenvalue weighted by molar-refractivity contribution is 0.102. The van der Waals surface area contributed by atoms with Crippen LogP contribution < -0.4 is 10.0 Å². The number of aromatic nitrogens is 1. The molecule has 0 saturated heterocycles. The number of carbonyl (C=O) groups is 1. The predicted octanol–water partition coefficient (Wildman–Crippen LogP) is 3.10. The minimum Gasteiger partial charge on any atom is -0.351 e. The summed E-state index contributed by atoms with van der Waals surface area (Å²) in [6.07, 6.45) is 1.07. The molecule has 1 amide bonds. The SMILES string of the molecule is Cc1ccc(NS(C)(=O)=O)c(NC(=O)c2cc3ccccc3[nH]2)c1. The molecule has 0 aliphatic rings. The van der Waals surface area contributed by atoms with Crippen LogP contribution in [0.1, 0.15) is 16.1 Å². The van der Waals surface area contributed by atoms with E-state index in [0.717, 1.165) is 22.7 Å². The number of aromatic amines is 1. The third kappa shape index (κ3) is 3.57. The molecule has 7 heteroatoms. The smallest absolute Gasteiger partial charge is 0.272 e. The van der Waals surface area contributed by atoms with Crippen LogP contribution in [-0.2, 0) is 10.0 Å². The second-order valence-electron chi connectivity index (χ2n) is 5.65. The Morgan fingerprint density at radius 3 is 2.50 bits per heavy atom. The number of amides is 1. The van der Waals surface area contributed by atoms with E-state index in [0.29, 0.717) is 17.1 Å². The van der Waals surface area contributed by atoms with Crippen LogP contribution in [0.15, 0.2) is 48.5 Å². The number of rotatable bonds is 4. The molecule has 0 radical (unpaired) electrons. The number of hydrogen-bond acceptors (Lipinski definition) is 3. The van der Waals surface area contributed by atoms with Gasteiger partial charge in [-0.2, -0.15) is 0 Å². The zero-order valence-electron chi connectivity index (χ0n) is 13.3. The lowest BCUT2D eigenvalue weighted by Gasteiger charge is -2.12. The average molecular weight is 343 g/mol. The van der Waals surface area contributed by atoms with Crippen molar-refractivity contribution in [2.24, 2.45) is 0 Å². The van der Waals surface area contributed by atoms with Crippen LogP contribution in [-0.4, -0.2) is 25.6 Å². The van der Waals surface area contributed by atoms with Crippen molar-refractivity contribution in [3.63, 3.8) is 0 Å². The summed E-state index contributed by atoms with van der Waals surface area (Å²) < 4.78 is 25.4. The highest BCUT2D eigenvalue weighted by molar-refractivity contribution is 7.92. The number of para-hydroxylation sites is 1. The first-order valence-electron chi connectivity index (χ1n) is 7.29. The molecule has 0 atom stereocenters. The van der Waals surface area contributed by atoms with Gasteiger partial charge < -0.3 is 10.3 Å². The first kappa shape index (κ1) is 16.1. The molecule has 0 saturated carbocycles. The van der Waals surface area contributed by atoms with Crippen LogP contribution in [0.3, 0.4) is 0 Å². The zero-order chi connectivity index (χ0) is 17.3. The van der Waals surface area contributed by atoms with Crippen molar-refractivity contribution < 1.29 is 13.2 Å². The number of hydrogen-bond donors (Lipinski definition) is 3. The van der Waals surface area contributed by atoms with Gasteiger partial charge in [0.25, 0.3) is 5.91 Å². The van der Waals surface area contributed by atoms with Crippen LogP contribution in [0.2, 0.25) is 0 Å². The summed E-state index contributed by atoms with van der Waals surface area (Å²) in [6, 6.07) is 14.4. The van der Waals surface area contributed by atoms with Crippen LogP contribution in [0.4, 0.5) is 11.4 Å². The Kier molecular flexibility index (Phi) is 4.02. The Balaban J connectivity index is 1.92. The normalized spacial score (nSPS) is 11.4. The van der Waals surface area contributed by atoms with Gasteiger partial charge in [0.2, 0.25) is 10.0 Å². The molecule has 0 aliphatic carbocycles. The Morgan fingerprint density at radius 1 is 1.04 bits per heavy atom. The number of anilines is 2. The first-order valence-corrected chi connectivity index (χ1v) is 9.18. The molecule has 1 heterocycles. The van der Waals surface area contributed by atoms with Crippen molar-refractivity contribution in [1.82, 2.24) is 4.98 Å². The van der Waals surface area contributed by atoms with Gasteiger partial charge in [0.15, 0.2) is 0 Å². The molecule has 0 unspecified atom stereocenters. The van der Waals surface area contributed by atoms with Gasteiger partial charge in [0.05, 0.1) is 17.6 Å². The van der Waals surface area contributed by atoms with Gasteiger partial charge in [0.1, 0.15) is 5.69 Å². The van der Waals surface area contributed by atoms with Gasteiger partial charge in [-0.25, -0.2) is 8.42 Å². The maximum Gasteiger partial charge on any atom is 0.272 e. The Bertz CT molecular complexity index is 989. The van der Waals surface area contributed by atoms with E-state index in [2.05, 4.69) is 15.0 Å². The molecule has 24 heavy (non-hydrogen) atoms. The Morgan fingerprint density at radius 2 is 1.79 bits per heavy atom. The fourth-order valence-electron chi connectivity index (χ4n) is 2.44. The van der Waals surface area contributed by atoms with Crippen LogP contribution >= 0.6 is 0 Å². The lowest BCUT2D eigenvalue weighted by atomic mass is 10.2. The van der Waals surface area contributed by atoms with E-state index in [1.807, 2.05) is 31.2 Å². The van der Waals surface area contributed by atoms with E-state index < -0.39 is 10.0 Å². The summed E-state index contributed by atoms with van der Waals surface area (Å²) >= 11 is 0. The number of fused-ring (bicyclic) bond motifs is 1. The lowest BCUT2D eigenvalue weighted by Crippen LogP contribution is -2.16. The Hall–Kier alpha value is -2.80. The fourth-order valence-corrected chi connectivity index (χ4v) is 3.01. The molecule has 3 N–H and O–H groups in total. The summed E-state index contributed by atoms with van der Waals surface area (Å²) in [5, 5.41) is 3.69. The van der Waals surface area contributed by atoms with E-state index in [4.69, 9.17) is 0 Å². The summed E-state index contributed by atoms with van der Waals surface area (Å²) in [6.45, 7) is 1.86. The molecule has 0 aliphatic heterocycles. The minimum absolute atomic E-state index is 0.326. The zero-order valence-corrected chi connectivity index (χ0v) is 14.1. The van der Waals surface area contributed by atoms with Crippen LogP contribution in [0.5, 0.6) is 0 Å². The summed E-state index contributed by atoms with van der Waals surface area (Å²) in [4.78, 5) is 15.5. The molecular formula is C17H17N3O3S. The molecule has 3 aromatic rings. The molecule has 0 bridgehead atoms. The maximum atomic E-state index is 12.5. The van der Waals surface area contributed by atoms with Crippen molar-refractivity contribution >= 4 is 38.2 Å². The topological polar surface area (TPSA) is 91.1 Å². The van der Waals surface area contributed by atoms with Crippen molar-refractivity contribution in [1.29, 1.82) is 0 Å². The van der Waals surface area contributed by atoms with E-state index in [1.54, 1.807) is 24.3 Å². The van der Waals surface area contributed by atoms with Gasteiger partial charge >= 0.3 is 0 Å². The number of H-pyrrole nitrogens is 1. The summed E-state index contributed by atoms with van der Waals surface area (Å²) in [5.74, 6) is -0.339. The van der Waals surface area contributed by atoms with Crippen LogP contribution in [0.25, 0.3) is 10.9 Å². The van der Waals surface area contributed by atoms with Gasteiger partial charge in [-0.05, 0) is 36.8 Å². The van der Waals surface area contributed by atoms with Crippen molar-refractivity contribution in [3.8, 4) is 0 Å². The van der Waals surface area contributed by atoms with Crippen molar-refractivity contribution in [3.05, 3.63) is 59.8 Å². The molecule has 6 nitrogen and oxygen atoms in total. The average Bonchev–Trinajstić information content (AvgIpc) is 2.93. The number of nitrogens with one attached hydrogen (secondary N) is 3. The van der Waals surface area contributed by atoms with Crippen molar-refractivity contribution in [2.75, 3.05) is 16.3 Å². The summed E-state index contributed by atoms with van der Waals surface area (Å²) in [5.41, 5.74) is 2.90. The van der Waals surface area contributed by atoms with Gasteiger partial charge in [0, 0.05) is 10.9 Å². The van der Waals surface area contributed by atoms with E-state index in [-0.39, 0.29) is 5.91 Å². The highest BCUT2D eigenvalue weighted by Crippen LogP contribution is 2.25. The molecule has 0 fully saturated rings. The highest BCUT2D eigenvalue weighted by atomic mass is 32.2. The van der Waals surface area contributed by atoms with Gasteiger partial charge in [-0.1, -0.05) is 24.3 Å². The molecule has 0 spiro atoms. The maximum absolute atomic E-state index is 12.5. The predicted molar refractivity (Wildman–Crippen MR) is 95.9 cm³/mol. The minimum atomic E-state index is -3.44. The molecule has 1 aromatic heterocycles. The van der Waals surface area contributed by atoms with Crippen molar-refractivity contribution in [2.45, 2.75) is 6.92 Å². The molecule has 124 valence electrons. The number of sulfonamides is 1. The second-order valence-corrected chi connectivity index (χ2v) is 7.40. The fraction of sp³-hybridized carbons (Fsp3) is 0.118. The first-order chi connectivity index (χ1) is 11.3. The van der Waals surface area contributed by atoms with E-state index in [1.165, 1.54) is 0 Å².